The molecule has 2 aliphatic rings. The Morgan fingerprint density at radius 1 is 1.21 bits per heavy atom. The molecule has 1 aliphatic heterocycles. The highest BCUT2D eigenvalue weighted by atomic mass is 35.5. The fourth-order valence-corrected chi connectivity index (χ4v) is 3.17. The Bertz CT molecular complexity index is 450. The van der Waals surface area contributed by atoms with Gasteiger partial charge < -0.3 is 10.1 Å². The summed E-state index contributed by atoms with van der Waals surface area (Å²) in [4.78, 5) is 0. The smallest absolute Gasteiger partial charge is 0.141 e. The number of rotatable bonds is 4. The summed E-state index contributed by atoms with van der Waals surface area (Å²) >= 11 is 6.39. The lowest BCUT2D eigenvalue weighted by Crippen LogP contribution is -2.28. The maximum absolute atomic E-state index is 6.39. The van der Waals surface area contributed by atoms with Gasteiger partial charge in [0.15, 0.2) is 0 Å². The average Bonchev–Trinajstić information content (AvgIpc) is 3.19. The molecular weight excluding hydrogens is 258 g/mol. The Kier molecular flexibility index (Phi) is 3.99. The second-order valence-electron chi connectivity index (χ2n) is 5.95. The highest BCUT2D eigenvalue weighted by molar-refractivity contribution is 6.32. The van der Waals surface area contributed by atoms with Crippen molar-refractivity contribution < 1.29 is 4.74 Å². The first-order chi connectivity index (χ1) is 9.22. The van der Waals surface area contributed by atoms with Crippen molar-refractivity contribution in [1.82, 2.24) is 5.32 Å². The van der Waals surface area contributed by atoms with Gasteiger partial charge in [0, 0.05) is 0 Å². The van der Waals surface area contributed by atoms with Crippen LogP contribution in [0.1, 0.15) is 36.8 Å². The predicted octanol–water partition coefficient (Wildman–Crippen LogP) is 3.73. The van der Waals surface area contributed by atoms with Crippen LogP contribution >= 0.6 is 11.6 Å². The number of hydrogen-bond acceptors (Lipinski definition) is 2. The Hall–Kier alpha value is -0.730. The van der Waals surface area contributed by atoms with Crippen LogP contribution in [0.25, 0.3) is 0 Å². The molecule has 2 fully saturated rings. The lowest BCUT2D eigenvalue weighted by atomic mass is 9.90. The Balaban J connectivity index is 1.80. The Morgan fingerprint density at radius 2 is 1.95 bits per heavy atom. The molecule has 0 amide bonds. The molecule has 0 unspecified atom stereocenters. The normalized spacial score (nSPS) is 20.5. The topological polar surface area (TPSA) is 21.3 Å². The van der Waals surface area contributed by atoms with Crippen LogP contribution in [-0.2, 0) is 6.42 Å². The van der Waals surface area contributed by atoms with Gasteiger partial charge in [-0.2, -0.15) is 0 Å². The SMILES string of the molecule is Cc1cc(Cl)c(OC2CC2)c(CC2CCNCC2)c1. The van der Waals surface area contributed by atoms with Crippen LogP contribution in [0.15, 0.2) is 12.1 Å². The van der Waals surface area contributed by atoms with E-state index < -0.39 is 0 Å². The van der Waals surface area contributed by atoms with Crippen molar-refractivity contribution in [2.75, 3.05) is 13.1 Å². The summed E-state index contributed by atoms with van der Waals surface area (Å²) in [6.07, 6.45) is 6.38. The second kappa shape index (κ2) is 5.72. The molecule has 104 valence electrons. The maximum atomic E-state index is 6.39. The van der Waals surface area contributed by atoms with E-state index in [2.05, 4.69) is 18.3 Å². The molecule has 3 rings (SSSR count). The number of piperidine rings is 1. The zero-order valence-corrected chi connectivity index (χ0v) is 12.3. The third-order valence-electron chi connectivity index (χ3n) is 4.04. The van der Waals surface area contributed by atoms with Gasteiger partial charge in [-0.1, -0.05) is 17.7 Å². The summed E-state index contributed by atoms with van der Waals surface area (Å²) in [5.41, 5.74) is 2.54. The lowest BCUT2D eigenvalue weighted by molar-refractivity contribution is 0.295. The standard InChI is InChI=1S/C16H22ClNO/c1-11-8-13(10-12-4-6-18-7-5-12)16(15(17)9-11)19-14-2-3-14/h8-9,12,14,18H,2-7,10H2,1H3. The third kappa shape index (κ3) is 3.43. The Labute approximate surface area is 120 Å². The van der Waals surface area contributed by atoms with Gasteiger partial charge in [-0.15, -0.1) is 0 Å². The highest BCUT2D eigenvalue weighted by Crippen LogP contribution is 2.37. The van der Waals surface area contributed by atoms with Gasteiger partial charge >= 0.3 is 0 Å². The molecule has 19 heavy (non-hydrogen) atoms. The molecule has 1 aliphatic carbocycles. The summed E-state index contributed by atoms with van der Waals surface area (Å²) in [5, 5.41) is 4.21. The molecule has 1 heterocycles. The predicted molar refractivity (Wildman–Crippen MR) is 79.1 cm³/mol. The number of halogens is 1. The summed E-state index contributed by atoms with van der Waals surface area (Å²) in [7, 11) is 0. The molecule has 0 aromatic heterocycles. The van der Waals surface area contributed by atoms with E-state index >= 15 is 0 Å². The van der Waals surface area contributed by atoms with Crippen molar-refractivity contribution in [3.8, 4) is 5.75 Å². The van der Waals surface area contributed by atoms with Crippen molar-refractivity contribution in [3.05, 3.63) is 28.3 Å². The Morgan fingerprint density at radius 3 is 2.63 bits per heavy atom. The second-order valence-corrected chi connectivity index (χ2v) is 6.36. The molecule has 0 radical (unpaired) electrons. The van der Waals surface area contributed by atoms with Crippen molar-refractivity contribution in [2.45, 2.75) is 45.1 Å². The molecule has 2 nitrogen and oxygen atoms in total. The molecule has 1 aromatic carbocycles. The van der Waals surface area contributed by atoms with Gasteiger partial charge in [0.2, 0.25) is 0 Å². The number of hydrogen-bond donors (Lipinski definition) is 1. The van der Waals surface area contributed by atoms with Crippen LogP contribution in [0.2, 0.25) is 5.02 Å². The molecule has 1 saturated heterocycles. The largest absolute Gasteiger partial charge is 0.489 e. The molecule has 0 bridgehead atoms. The highest BCUT2D eigenvalue weighted by Gasteiger charge is 2.26. The van der Waals surface area contributed by atoms with E-state index in [4.69, 9.17) is 16.3 Å². The summed E-state index contributed by atoms with van der Waals surface area (Å²) < 4.78 is 6.04. The number of ether oxygens (including phenoxy) is 1. The van der Waals surface area contributed by atoms with Crippen LogP contribution < -0.4 is 10.1 Å². The van der Waals surface area contributed by atoms with E-state index in [1.54, 1.807) is 0 Å². The minimum atomic E-state index is 0.409. The molecule has 1 N–H and O–H groups in total. The minimum Gasteiger partial charge on any atom is -0.489 e. The first kappa shape index (κ1) is 13.3. The fraction of sp³-hybridized carbons (Fsp3) is 0.625. The molecule has 0 atom stereocenters. The van der Waals surface area contributed by atoms with Gasteiger partial charge in [-0.25, -0.2) is 0 Å². The first-order valence-corrected chi connectivity index (χ1v) is 7.76. The van der Waals surface area contributed by atoms with Crippen molar-refractivity contribution in [1.29, 1.82) is 0 Å². The van der Waals surface area contributed by atoms with Crippen LogP contribution in [0.3, 0.4) is 0 Å². The summed E-state index contributed by atoms with van der Waals surface area (Å²) in [6, 6.07) is 4.27. The molecular formula is C16H22ClNO. The van der Waals surface area contributed by atoms with E-state index in [9.17, 15) is 0 Å². The van der Waals surface area contributed by atoms with Crippen LogP contribution in [-0.4, -0.2) is 19.2 Å². The van der Waals surface area contributed by atoms with E-state index in [-0.39, 0.29) is 0 Å². The van der Waals surface area contributed by atoms with Gasteiger partial charge in [0.1, 0.15) is 5.75 Å². The number of nitrogens with one attached hydrogen (secondary N) is 1. The van der Waals surface area contributed by atoms with Gasteiger partial charge in [0.25, 0.3) is 0 Å². The van der Waals surface area contributed by atoms with E-state index in [1.807, 2.05) is 6.07 Å². The molecule has 3 heteroatoms. The number of aryl methyl sites for hydroxylation is 1. The van der Waals surface area contributed by atoms with Gasteiger partial charge in [-0.3, -0.25) is 0 Å². The summed E-state index contributed by atoms with van der Waals surface area (Å²) in [5.74, 6) is 1.72. The van der Waals surface area contributed by atoms with Gasteiger partial charge in [0.05, 0.1) is 11.1 Å². The third-order valence-corrected chi connectivity index (χ3v) is 4.32. The van der Waals surface area contributed by atoms with Crippen molar-refractivity contribution in [3.63, 3.8) is 0 Å². The summed E-state index contributed by atoms with van der Waals surface area (Å²) in [6.45, 7) is 4.39. The molecule has 1 saturated carbocycles. The van der Waals surface area contributed by atoms with Gasteiger partial charge in [-0.05, 0) is 75.2 Å². The molecule has 0 spiro atoms. The van der Waals surface area contributed by atoms with E-state index in [0.29, 0.717) is 6.10 Å². The maximum Gasteiger partial charge on any atom is 0.141 e. The fourth-order valence-electron chi connectivity index (χ4n) is 2.83. The zero-order chi connectivity index (χ0) is 13.2. The van der Waals surface area contributed by atoms with Crippen LogP contribution in [0.4, 0.5) is 0 Å². The quantitative estimate of drug-likeness (QED) is 0.907. The zero-order valence-electron chi connectivity index (χ0n) is 11.5. The number of benzene rings is 1. The monoisotopic (exact) mass is 279 g/mol. The van der Waals surface area contributed by atoms with Crippen LogP contribution in [0, 0.1) is 12.8 Å². The first-order valence-electron chi connectivity index (χ1n) is 7.39. The van der Waals surface area contributed by atoms with E-state index in [1.165, 1.54) is 36.8 Å². The van der Waals surface area contributed by atoms with Crippen LogP contribution in [0.5, 0.6) is 5.75 Å². The minimum absolute atomic E-state index is 0.409. The van der Waals surface area contributed by atoms with Crippen molar-refractivity contribution >= 4 is 11.6 Å². The average molecular weight is 280 g/mol. The van der Waals surface area contributed by atoms with E-state index in [0.717, 1.165) is 36.2 Å². The molecule has 1 aromatic rings. The lowest BCUT2D eigenvalue weighted by Gasteiger charge is -2.24. The van der Waals surface area contributed by atoms with Crippen molar-refractivity contribution in [2.24, 2.45) is 5.92 Å².